The van der Waals surface area contributed by atoms with Gasteiger partial charge < -0.3 is 14.6 Å². The van der Waals surface area contributed by atoms with E-state index < -0.39 is 24.0 Å². The van der Waals surface area contributed by atoms with Crippen molar-refractivity contribution in [2.24, 2.45) is 0 Å². The average molecular weight is 381 g/mol. The van der Waals surface area contributed by atoms with Crippen LogP contribution in [0.25, 0.3) is 21.8 Å². The first-order valence-corrected chi connectivity index (χ1v) is 8.64. The minimum absolute atomic E-state index is 0.117. The van der Waals surface area contributed by atoms with Gasteiger partial charge in [-0.05, 0) is 31.2 Å². The third kappa shape index (κ3) is 3.71. The van der Waals surface area contributed by atoms with E-state index in [1.165, 1.54) is 14.0 Å². The number of nitrogens with zero attached hydrogens (tertiary/aromatic N) is 1. The number of nitrogens with one attached hydrogen (secondary N) is 2. The van der Waals surface area contributed by atoms with Crippen molar-refractivity contribution in [3.8, 4) is 0 Å². The summed E-state index contributed by atoms with van der Waals surface area (Å²) in [4.78, 5) is 48.2. The van der Waals surface area contributed by atoms with Crippen LogP contribution in [-0.2, 0) is 20.9 Å². The molecule has 28 heavy (non-hydrogen) atoms. The number of carbonyl (C=O) groups excluding carboxylic acids is 3. The number of carbonyl (C=O) groups is 3. The van der Waals surface area contributed by atoms with Crippen LogP contribution in [-0.4, -0.2) is 35.6 Å². The maximum Gasteiger partial charge on any atom is 0.326 e. The van der Waals surface area contributed by atoms with Gasteiger partial charge in [-0.2, -0.15) is 0 Å². The van der Waals surface area contributed by atoms with Crippen LogP contribution < -0.4 is 16.1 Å². The zero-order chi connectivity index (χ0) is 20.3. The lowest BCUT2D eigenvalue weighted by molar-refractivity contribution is -0.154. The summed E-state index contributed by atoms with van der Waals surface area (Å²) in [6, 6.07) is 13.3. The van der Waals surface area contributed by atoms with Gasteiger partial charge in [-0.3, -0.25) is 19.7 Å². The van der Waals surface area contributed by atoms with Gasteiger partial charge >= 0.3 is 12.0 Å². The lowest BCUT2D eigenvalue weighted by Gasteiger charge is -2.16. The van der Waals surface area contributed by atoms with Crippen molar-refractivity contribution < 1.29 is 19.1 Å². The lowest BCUT2D eigenvalue weighted by Crippen LogP contribution is -2.43. The van der Waals surface area contributed by atoms with Gasteiger partial charge in [0.25, 0.3) is 5.91 Å². The van der Waals surface area contributed by atoms with Gasteiger partial charge in [-0.25, -0.2) is 4.79 Å². The largest absolute Gasteiger partial charge is 0.451 e. The van der Waals surface area contributed by atoms with E-state index in [9.17, 15) is 19.2 Å². The Kier molecular flexibility index (Phi) is 5.39. The molecule has 1 atom stereocenters. The number of benzene rings is 2. The Morgan fingerprint density at radius 1 is 1.00 bits per heavy atom. The second-order valence-electron chi connectivity index (χ2n) is 6.15. The van der Waals surface area contributed by atoms with E-state index in [1.54, 1.807) is 53.1 Å². The van der Waals surface area contributed by atoms with Gasteiger partial charge in [-0.15, -0.1) is 0 Å². The predicted molar refractivity (Wildman–Crippen MR) is 104 cm³/mol. The Morgan fingerprint density at radius 3 is 2.07 bits per heavy atom. The fourth-order valence-electron chi connectivity index (χ4n) is 2.94. The van der Waals surface area contributed by atoms with E-state index in [1.807, 2.05) is 0 Å². The molecule has 8 nitrogen and oxygen atoms in total. The Bertz CT molecular complexity index is 1080. The molecule has 0 bridgehead atoms. The Labute approximate surface area is 160 Å². The normalized spacial score (nSPS) is 11.8. The molecule has 3 amide bonds. The maximum absolute atomic E-state index is 12.7. The van der Waals surface area contributed by atoms with Crippen molar-refractivity contribution in [2.45, 2.75) is 19.6 Å². The number of esters is 1. The van der Waals surface area contributed by atoms with Crippen LogP contribution in [0.3, 0.4) is 0 Å². The molecule has 0 saturated heterocycles. The van der Waals surface area contributed by atoms with Crippen LogP contribution in [0.1, 0.15) is 6.92 Å². The van der Waals surface area contributed by atoms with Gasteiger partial charge in [0, 0.05) is 17.8 Å². The summed E-state index contributed by atoms with van der Waals surface area (Å²) in [7, 11) is 1.37. The molecular formula is C20H19N3O5. The summed E-state index contributed by atoms with van der Waals surface area (Å²) in [5.74, 6) is -1.40. The highest BCUT2D eigenvalue weighted by molar-refractivity contribution is 5.97. The van der Waals surface area contributed by atoms with Crippen LogP contribution in [0.2, 0.25) is 0 Å². The number of imide groups is 1. The number of pyridine rings is 1. The topological polar surface area (TPSA) is 106 Å². The molecule has 2 N–H and O–H groups in total. The predicted octanol–water partition coefficient (Wildman–Crippen LogP) is 1.54. The zero-order valence-corrected chi connectivity index (χ0v) is 15.4. The van der Waals surface area contributed by atoms with E-state index in [0.29, 0.717) is 21.8 Å². The molecule has 0 saturated carbocycles. The van der Waals surface area contributed by atoms with Crippen LogP contribution in [0.4, 0.5) is 4.79 Å². The summed E-state index contributed by atoms with van der Waals surface area (Å²) < 4.78 is 6.84. The molecule has 0 fully saturated rings. The molecule has 0 aliphatic rings. The number of urea groups is 1. The molecular weight excluding hydrogens is 362 g/mol. The highest BCUT2D eigenvalue weighted by atomic mass is 16.5. The molecule has 1 aromatic heterocycles. The third-order valence-corrected chi connectivity index (χ3v) is 4.31. The number of rotatable bonds is 4. The van der Waals surface area contributed by atoms with Gasteiger partial charge in [0.15, 0.2) is 11.5 Å². The molecule has 0 radical (unpaired) electrons. The Balaban J connectivity index is 1.92. The van der Waals surface area contributed by atoms with Crippen LogP contribution in [0, 0.1) is 0 Å². The molecule has 0 aliphatic heterocycles. The fraction of sp³-hybridized carbons (Fsp3) is 0.200. The first kappa shape index (κ1) is 19.1. The molecule has 8 heteroatoms. The molecule has 3 aromatic rings. The smallest absolute Gasteiger partial charge is 0.326 e. The summed E-state index contributed by atoms with van der Waals surface area (Å²) in [5, 5.41) is 5.27. The number of para-hydroxylation sites is 2. The summed E-state index contributed by atoms with van der Waals surface area (Å²) in [6.07, 6.45) is -1.15. The van der Waals surface area contributed by atoms with E-state index in [0.717, 1.165) is 0 Å². The molecule has 1 unspecified atom stereocenters. The van der Waals surface area contributed by atoms with Crippen molar-refractivity contribution in [3.63, 3.8) is 0 Å². The van der Waals surface area contributed by atoms with Gasteiger partial charge in [-0.1, -0.05) is 24.3 Å². The molecule has 2 aromatic carbocycles. The summed E-state index contributed by atoms with van der Waals surface area (Å²) in [6.45, 7) is 1.18. The third-order valence-electron chi connectivity index (χ3n) is 4.31. The lowest BCUT2D eigenvalue weighted by atomic mass is 10.1. The quantitative estimate of drug-likeness (QED) is 0.527. The number of hydrogen-bond donors (Lipinski definition) is 2. The number of aromatic nitrogens is 1. The van der Waals surface area contributed by atoms with E-state index >= 15 is 0 Å². The van der Waals surface area contributed by atoms with Crippen molar-refractivity contribution in [1.82, 2.24) is 15.2 Å². The number of hydrogen-bond acceptors (Lipinski definition) is 5. The molecule has 1 heterocycles. The minimum Gasteiger partial charge on any atom is -0.451 e. The minimum atomic E-state index is -1.15. The standard InChI is InChI=1S/C20H19N3O5/c1-12(19(26)22-20(27)21-2)28-17(24)11-23-15-9-5-3-7-13(15)18(25)14-8-4-6-10-16(14)23/h3-10,12H,11H2,1-2H3,(H2,21,22,26,27). The summed E-state index contributed by atoms with van der Waals surface area (Å²) >= 11 is 0. The van der Waals surface area contributed by atoms with Crippen molar-refractivity contribution >= 4 is 39.7 Å². The second kappa shape index (κ2) is 7.91. The highest BCUT2D eigenvalue weighted by Gasteiger charge is 2.21. The molecule has 0 aliphatic carbocycles. The SMILES string of the molecule is CNC(=O)NC(=O)C(C)OC(=O)Cn1c2ccccc2c(=O)c2ccccc21. The fourth-order valence-corrected chi connectivity index (χ4v) is 2.94. The van der Waals surface area contributed by atoms with Gasteiger partial charge in [0.05, 0.1) is 11.0 Å². The van der Waals surface area contributed by atoms with Gasteiger partial charge in [0.1, 0.15) is 6.54 Å². The van der Waals surface area contributed by atoms with Crippen LogP contribution in [0.5, 0.6) is 0 Å². The van der Waals surface area contributed by atoms with Crippen molar-refractivity contribution in [2.75, 3.05) is 7.05 Å². The van der Waals surface area contributed by atoms with Crippen molar-refractivity contribution in [1.29, 1.82) is 0 Å². The second-order valence-corrected chi connectivity index (χ2v) is 6.15. The number of amides is 3. The Hall–Kier alpha value is -3.68. The monoisotopic (exact) mass is 381 g/mol. The average Bonchev–Trinajstić information content (AvgIpc) is 2.70. The number of fused-ring (bicyclic) bond motifs is 2. The van der Waals surface area contributed by atoms with Crippen LogP contribution >= 0.6 is 0 Å². The number of ether oxygens (including phenoxy) is 1. The van der Waals surface area contributed by atoms with E-state index in [4.69, 9.17) is 4.74 Å². The summed E-state index contributed by atoms with van der Waals surface area (Å²) in [5.41, 5.74) is 1.06. The maximum atomic E-state index is 12.7. The first-order chi connectivity index (χ1) is 13.4. The first-order valence-electron chi connectivity index (χ1n) is 8.64. The molecule has 144 valence electrons. The Morgan fingerprint density at radius 2 is 1.54 bits per heavy atom. The molecule has 0 spiro atoms. The highest BCUT2D eigenvalue weighted by Crippen LogP contribution is 2.19. The zero-order valence-electron chi connectivity index (χ0n) is 15.4. The van der Waals surface area contributed by atoms with Gasteiger partial charge in [0.2, 0.25) is 0 Å². The van der Waals surface area contributed by atoms with E-state index in [2.05, 4.69) is 10.6 Å². The van der Waals surface area contributed by atoms with Crippen LogP contribution in [0.15, 0.2) is 53.3 Å². The molecule has 3 rings (SSSR count). The van der Waals surface area contributed by atoms with Crippen molar-refractivity contribution in [3.05, 3.63) is 58.8 Å². The van der Waals surface area contributed by atoms with E-state index in [-0.39, 0.29) is 12.0 Å².